The fourth-order valence-electron chi connectivity index (χ4n) is 3.13. The number of carbonyl (C=O) groups excluding carboxylic acids is 1. The first kappa shape index (κ1) is 17.6. The molecule has 1 amide bonds. The molecule has 132 valence electrons. The second kappa shape index (κ2) is 7.79. The van der Waals surface area contributed by atoms with Crippen molar-refractivity contribution in [3.05, 3.63) is 59.1 Å². The normalized spacial score (nSPS) is 18.0. The van der Waals surface area contributed by atoms with E-state index in [4.69, 9.17) is 16.3 Å². The van der Waals surface area contributed by atoms with Crippen LogP contribution in [0.1, 0.15) is 31.9 Å². The number of rotatable bonds is 5. The Kier molecular flexibility index (Phi) is 5.49. The maximum Gasteiger partial charge on any atom is 0.217 e. The topological polar surface area (TPSA) is 41.6 Å². The molecule has 1 aliphatic rings. The minimum atomic E-state index is -0.0268. The van der Waals surface area contributed by atoms with Crippen molar-refractivity contribution in [3.8, 4) is 5.75 Å². The van der Waals surface area contributed by atoms with Crippen LogP contribution in [0.15, 0.2) is 48.5 Å². The van der Waals surface area contributed by atoms with Gasteiger partial charge in [-0.3, -0.25) is 4.79 Å². The van der Waals surface area contributed by atoms with Crippen LogP contribution < -0.4 is 15.0 Å². The summed E-state index contributed by atoms with van der Waals surface area (Å²) in [5.41, 5.74) is 2.24. The van der Waals surface area contributed by atoms with Crippen LogP contribution in [-0.2, 0) is 4.79 Å². The molecule has 25 heavy (non-hydrogen) atoms. The number of anilines is 1. The van der Waals surface area contributed by atoms with Gasteiger partial charge in [0.25, 0.3) is 0 Å². The molecule has 2 atom stereocenters. The summed E-state index contributed by atoms with van der Waals surface area (Å²) in [6.45, 7) is 5.34. The third kappa shape index (κ3) is 4.67. The van der Waals surface area contributed by atoms with Gasteiger partial charge < -0.3 is 15.0 Å². The van der Waals surface area contributed by atoms with E-state index in [9.17, 15) is 4.79 Å². The van der Waals surface area contributed by atoms with Gasteiger partial charge in [-0.05, 0) is 48.9 Å². The van der Waals surface area contributed by atoms with E-state index in [1.54, 1.807) is 0 Å². The van der Waals surface area contributed by atoms with Crippen LogP contribution in [0.2, 0.25) is 5.02 Å². The second-order valence-corrected chi connectivity index (χ2v) is 6.88. The Morgan fingerprint density at radius 2 is 1.88 bits per heavy atom. The van der Waals surface area contributed by atoms with E-state index in [1.165, 1.54) is 12.6 Å². The summed E-state index contributed by atoms with van der Waals surface area (Å²) in [5.74, 6) is 0.836. The van der Waals surface area contributed by atoms with Crippen LogP contribution in [0.4, 0.5) is 5.69 Å². The molecule has 0 aromatic heterocycles. The quantitative estimate of drug-likeness (QED) is 0.871. The van der Waals surface area contributed by atoms with Gasteiger partial charge >= 0.3 is 0 Å². The number of halogens is 1. The predicted octanol–water partition coefficient (Wildman–Crippen LogP) is 4.19. The van der Waals surface area contributed by atoms with E-state index in [0.29, 0.717) is 0 Å². The van der Waals surface area contributed by atoms with E-state index in [1.807, 2.05) is 55.5 Å². The number of benzene rings is 2. The Hall–Kier alpha value is -2.20. The summed E-state index contributed by atoms with van der Waals surface area (Å²) >= 11 is 5.95. The fraction of sp³-hybridized carbons (Fsp3) is 0.350. The van der Waals surface area contributed by atoms with E-state index in [0.717, 1.165) is 35.8 Å². The van der Waals surface area contributed by atoms with Gasteiger partial charge in [0.15, 0.2) is 0 Å². The van der Waals surface area contributed by atoms with Crippen molar-refractivity contribution in [2.75, 3.05) is 18.0 Å². The molecule has 1 N–H and O–H groups in total. The van der Waals surface area contributed by atoms with Crippen LogP contribution in [0.25, 0.3) is 0 Å². The Bertz CT molecular complexity index is 715. The highest BCUT2D eigenvalue weighted by Gasteiger charge is 2.24. The lowest BCUT2D eigenvalue weighted by molar-refractivity contribution is -0.119. The molecular formula is C20H23ClN2O2. The standard InChI is InChI=1S/C20H23ClN2O2/c1-14(22-15(2)24)16-3-9-19(10-4-16)25-20-11-12-23(13-20)18-7-5-17(21)6-8-18/h3-10,14,20H,11-13H2,1-2H3,(H,22,24). The minimum Gasteiger partial charge on any atom is -0.489 e. The Morgan fingerprint density at radius 1 is 1.20 bits per heavy atom. The molecule has 1 aliphatic heterocycles. The third-order valence-electron chi connectivity index (χ3n) is 4.44. The molecule has 3 rings (SSSR count). The predicted molar refractivity (Wildman–Crippen MR) is 101 cm³/mol. The fourth-order valence-corrected chi connectivity index (χ4v) is 3.25. The molecule has 0 bridgehead atoms. The van der Waals surface area contributed by atoms with Crippen molar-refractivity contribution in [2.45, 2.75) is 32.4 Å². The van der Waals surface area contributed by atoms with Crippen molar-refractivity contribution in [1.82, 2.24) is 5.32 Å². The molecule has 2 aromatic carbocycles. The zero-order valence-electron chi connectivity index (χ0n) is 14.5. The van der Waals surface area contributed by atoms with Gasteiger partial charge in [-0.15, -0.1) is 0 Å². The largest absolute Gasteiger partial charge is 0.489 e. The lowest BCUT2D eigenvalue weighted by atomic mass is 10.1. The number of ether oxygens (including phenoxy) is 1. The van der Waals surface area contributed by atoms with Crippen molar-refractivity contribution < 1.29 is 9.53 Å². The number of nitrogens with one attached hydrogen (secondary N) is 1. The van der Waals surface area contributed by atoms with Gasteiger partial charge in [0.1, 0.15) is 11.9 Å². The molecule has 4 nitrogen and oxygen atoms in total. The summed E-state index contributed by atoms with van der Waals surface area (Å²) in [5, 5.41) is 3.64. The maximum atomic E-state index is 11.1. The molecule has 2 unspecified atom stereocenters. The monoisotopic (exact) mass is 358 g/mol. The van der Waals surface area contributed by atoms with Crippen molar-refractivity contribution in [3.63, 3.8) is 0 Å². The number of carbonyl (C=O) groups is 1. The molecule has 1 saturated heterocycles. The van der Waals surface area contributed by atoms with E-state index < -0.39 is 0 Å². The van der Waals surface area contributed by atoms with Crippen molar-refractivity contribution in [1.29, 1.82) is 0 Å². The lowest BCUT2D eigenvalue weighted by Crippen LogP contribution is -2.24. The van der Waals surface area contributed by atoms with Gasteiger partial charge in [0.05, 0.1) is 12.6 Å². The summed E-state index contributed by atoms with van der Waals surface area (Å²) in [4.78, 5) is 13.5. The molecule has 1 heterocycles. The minimum absolute atomic E-state index is 0.00146. The lowest BCUT2D eigenvalue weighted by Gasteiger charge is -2.19. The number of nitrogens with zero attached hydrogens (tertiary/aromatic N) is 1. The summed E-state index contributed by atoms with van der Waals surface area (Å²) in [7, 11) is 0. The smallest absolute Gasteiger partial charge is 0.217 e. The number of hydrogen-bond donors (Lipinski definition) is 1. The van der Waals surface area contributed by atoms with Crippen molar-refractivity contribution >= 4 is 23.2 Å². The summed E-state index contributed by atoms with van der Waals surface area (Å²) in [6.07, 6.45) is 1.17. The molecule has 1 fully saturated rings. The number of hydrogen-bond acceptors (Lipinski definition) is 3. The van der Waals surface area contributed by atoms with Crippen LogP contribution in [0, 0.1) is 0 Å². The SMILES string of the molecule is CC(=O)NC(C)c1ccc(OC2CCN(c3ccc(Cl)cc3)C2)cc1. The highest BCUT2D eigenvalue weighted by molar-refractivity contribution is 6.30. The van der Waals surface area contributed by atoms with Gasteiger partial charge in [0, 0.05) is 30.6 Å². The van der Waals surface area contributed by atoms with Crippen LogP contribution in [0.3, 0.4) is 0 Å². The van der Waals surface area contributed by atoms with Gasteiger partial charge in [-0.25, -0.2) is 0 Å². The Morgan fingerprint density at radius 3 is 2.52 bits per heavy atom. The molecule has 5 heteroatoms. The Balaban J connectivity index is 1.56. The maximum absolute atomic E-state index is 11.1. The average Bonchev–Trinajstić information content (AvgIpc) is 3.04. The van der Waals surface area contributed by atoms with Gasteiger partial charge in [0.2, 0.25) is 5.91 Å². The average molecular weight is 359 g/mol. The van der Waals surface area contributed by atoms with Gasteiger partial charge in [-0.2, -0.15) is 0 Å². The first-order valence-electron chi connectivity index (χ1n) is 8.55. The van der Waals surface area contributed by atoms with Crippen LogP contribution in [-0.4, -0.2) is 25.1 Å². The van der Waals surface area contributed by atoms with Crippen LogP contribution in [0.5, 0.6) is 5.75 Å². The molecule has 0 spiro atoms. The highest BCUT2D eigenvalue weighted by atomic mass is 35.5. The zero-order valence-corrected chi connectivity index (χ0v) is 15.3. The molecule has 0 aliphatic carbocycles. The summed E-state index contributed by atoms with van der Waals surface area (Å²) in [6, 6.07) is 15.9. The molecule has 0 saturated carbocycles. The highest BCUT2D eigenvalue weighted by Crippen LogP contribution is 2.25. The third-order valence-corrected chi connectivity index (χ3v) is 4.69. The first-order valence-corrected chi connectivity index (χ1v) is 8.93. The summed E-state index contributed by atoms with van der Waals surface area (Å²) < 4.78 is 6.11. The zero-order chi connectivity index (χ0) is 17.8. The van der Waals surface area contributed by atoms with E-state index in [2.05, 4.69) is 10.2 Å². The molecule has 0 radical (unpaired) electrons. The van der Waals surface area contributed by atoms with E-state index >= 15 is 0 Å². The molecule has 2 aromatic rings. The Labute approximate surface area is 153 Å². The molecular weight excluding hydrogens is 336 g/mol. The van der Waals surface area contributed by atoms with Crippen LogP contribution >= 0.6 is 11.6 Å². The first-order chi connectivity index (χ1) is 12.0. The number of amides is 1. The van der Waals surface area contributed by atoms with Crippen molar-refractivity contribution in [2.24, 2.45) is 0 Å². The second-order valence-electron chi connectivity index (χ2n) is 6.44. The van der Waals surface area contributed by atoms with Gasteiger partial charge in [-0.1, -0.05) is 23.7 Å². The van der Waals surface area contributed by atoms with E-state index in [-0.39, 0.29) is 18.1 Å².